The summed E-state index contributed by atoms with van der Waals surface area (Å²) in [5.41, 5.74) is 17.1. The molecule has 2 aromatic carbocycles. The Morgan fingerprint density at radius 3 is 2.58 bits per heavy atom. The van der Waals surface area contributed by atoms with Crippen LogP contribution in [0.15, 0.2) is 46.4 Å². The smallest absolute Gasteiger partial charge is 0.337 e. The maximum atomic E-state index is 12.4. The van der Waals surface area contributed by atoms with E-state index in [2.05, 4.69) is 11.4 Å². The van der Waals surface area contributed by atoms with Crippen molar-refractivity contribution in [2.75, 3.05) is 24.8 Å². The second-order valence-corrected chi connectivity index (χ2v) is 7.12. The van der Waals surface area contributed by atoms with E-state index < -0.39 is 0 Å². The molecule has 0 saturated carbocycles. The summed E-state index contributed by atoms with van der Waals surface area (Å²) >= 11 is 1.61. The average molecular weight is 369 g/mol. The zero-order chi connectivity index (χ0) is 18.8. The SMILES string of the molecule is CNC(=O)N1N=C(c2ccc(N)cc2)c2cc(N)c(SC)cc2CC1C. The van der Waals surface area contributed by atoms with Crippen LogP contribution in [0.4, 0.5) is 16.2 Å². The highest BCUT2D eigenvalue weighted by Crippen LogP contribution is 2.31. The molecule has 0 bridgehead atoms. The van der Waals surface area contributed by atoms with Gasteiger partial charge in [0.15, 0.2) is 0 Å². The Morgan fingerprint density at radius 1 is 1.27 bits per heavy atom. The third kappa shape index (κ3) is 3.35. The number of hydrogen-bond acceptors (Lipinski definition) is 5. The molecule has 136 valence electrons. The summed E-state index contributed by atoms with van der Waals surface area (Å²) in [5.74, 6) is 0. The molecule has 6 nitrogen and oxygen atoms in total. The first-order valence-corrected chi connectivity index (χ1v) is 9.59. The molecule has 0 radical (unpaired) electrons. The molecule has 1 atom stereocenters. The highest BCUT2D eigenvalue weighted by atomic mass is 32.2. The van der Waals surface area contributed by atoms with Crippen LogP contribution in [-0.4, -0.2) is 36.1 Å². The molecule has 3 rings (SSSR count). The number of nitrogens with one attached hydrogen (secondary N) is 1. The van der Waals surface area contributed by atoms with Gasteiger partial charge in [-0.3, -0.25) is 0 Å². The van der Waals surface area contributed by atoms with Gasteiger partial charge in [-0.05, 0) is 49.4 Å². The standard InChI is InChI=1S/C19H23N5OS/c1-11-8-13-9-17(26-3)16(21)10-15(13)18(23-24(11)19(25)22-2)12-4-6-14(20)7-5-12/h4-7,9-11H,8,20-21H2,1-3H3,(H,22,25). The van der Waals surface area contributed by atoms with E-state index >= 15 is 0 Å². The van der Waals surface area contributed by atoms with E-state index in [4.69, 9.17) is 16.6 Å². The highest BCUT2D eigenvalue weighted by molar-refractivity contribution is 7.98. The van der Waals surface area contributed by atoms with Gasteiger partial charge in [-0.25, -0.2) is 9.80 Å². The highest BCUT2D eigenvalue weighted by Gasteiger charge is 2.27. The van der Waals surface area contributed by atoms with Gasteiger partial charge in [0.1, 0.15) is 0 Å². The fourth-order valence-corrected chi connectivity index (χ4v) is 3.64. The predicted molar refractivity (Wildman–Crippen MR) is 109 cm³/mol. The zero-order valence-electron chi connectivity index (χ0n) is 15.1. The van der Waals surface area contributed by atoms with Crippen LogP contribution in [0, 0.1) is 0 Å². The lowest BCUT2D eigenvalue weighted by molar-refractivity contribution is 0.184. The van der Waals surface area contributed by atoms with Crippen molar-refractivity contribution in [3.05, 3.63) is 53.1 Å². The minimum Gasteiger partial charge on any atom is -0.399 e. The quantitative estimate of drug-likeness (QED) is 0.560. The number of amides is 2. The second-order valence-electron chi connectivity index (χ2n) is 6.27. The maximum Gasteiger partial charge on any atom is 0.337 e. The molecule has 0 fully saturated rings. The fourth-order valence-electron chi connectivity index (χ4n) is 3.08. The van der Waals surface area contributed by atoms with Crippen molar-refractivity contribution in [2.24, 2.45) is 5.10 Å². The number of hydrazone groups is 1. The van der Waals surface area contributed by atoms with E-state index in [0.717, 1.165) is 21.6 Å². The molecular formula is C19H23N5OS. The number of hydrogen-bond donors (Lipinski definition) is 3. The minimum atomic E-state index is -0.240. The molecule has 1 unspecified atom stereocenters. The number of urea groups is 1. The van der Waals surface area contributed by atoms with Crippen LogP contribution in [-0.2, 0) is 6.42 Å². The van der Waals surface area contributed by atoms with Gasteiger partial charge in [-0.15, -0.1) is 11.8 Å². The molecule has 1 heterocycles. The van der Waals surface area contributed by atoms with Crippen molar-refractivity contribution < 1.29 is 4.79 Å². The van der Waals surface area contributed by atoms with Crippen molar-refractivity contribution in [3.8, 4) is 0 Å². The Hall–Kier alpha value is -2.67. The number of fused-ring (bicyclic) bond motifs is 1. The van der Waals surface area contributed by atoms with E-state index in [9.17, 15) is 4.79 Å². The first-order chi connectivity index (χ1) is 12.4. The van der Waals surface area contributed by atoms with Gasteiger partial charge in [-0.1, -0.05) is 12.1 Å². The summed E-state index contributed by atoms with van der Waals surface area (Å²) in [5, 5.41) is 8.87. The van der Waals surface area contributed by atoms with Crippen LogP contribution in [0.3, 0.4) is 0 Å². The van der Waals surface area contributed by atoms with Crippen LogP contribution < -0.4 is 16.8 Å². The molecule has 1 aliphatic rings. The van der Waals surface area contributed by atoms with Crippen LogP contribution in [0.1, 0.15) is 23.6 Å². The van der Waals surface area contributed by atoms with Gasteiger partial charge in [0.25, 0.3) is 0 Å². The van der Waals surface area contributed by atoms with Crippen LogP contribution in [0.25, 0.3) is 0 Å². The molecule has 7 heteroatoms. The van der Waals surface area contributed by atoms with Crippen molar-refractivity contribution in [2.45, 2.75) is 24.3 Å². The first-order valence-electron chi connectivity index (χ1n) is 8.36. The van der Waals surface area contributed by atoms with E-state index in [-0.39, 0.29) is 12.1 Å². The number of carbonyl (C=O) groups is 1. The first kappa shape index (κ1) is 18.1. The number of anilines is 2. The molecule has 0 aromatic heterocycles. The van der Waals surface area contributed by atoms with Gasteiger partial charge in [0.05, 0.1) is 11.8 Å². The van der Waals surface area contributed by atoms with E-state index in [1.165, 1.54) is 5.01 Å². The molecule has 26 heavy (non-hydrogen) atoms. The number of nitrogens with two attached hydrogens (primary N) is 2. The second kappa shape index (κ2) is 7.29. The molecule has 0 saturated heterocycles. The monoisotopic (exact) mass is 369 g/mol. The lowest BCUT2D eigenvalue weighted by Crippen LogP contribution is -2.41. The van der Waals surface area contributed by atoms with Gasteiger partial charge >= 0.3 is 6.03 Å². The number of thioether (sulfide) groups is 1. The Kier molecular flexibility index (Phi) is 5.08. The number of carbonyl (C=O) groups excluding carboxylic acids is 1. The van der Waals surface area contributed by atoms with Crippen LogP contribution in [0.2, 0.25) is 0 Å². The average Bonchev–Trinajstić information content (AvgIpc) is 2.77. The molecular weight excluding hydrogens is 346 g/mol. The zero-order valence-corrected chi connectivity index (χ0v) is 15.9. The topological polar surface area (TPSA) is 96.7 Å². The van der Waals surface area contributed by atoms with Gasteiger partial charge in [0, 0.05) is 34.4 Å². The van der Waals surface area contributed by atoms with Crippen molar-refractivity contribution in [3.63, 3.8) is 0 Å². The predicted octanol–water partition coefficient (Wildman–Crippen LogP) is 2.91. The normalized spacial score (nSPS) is 16.5. The largest absolute Gasteiger partial charge is 0.399 e. The molecule has 1 aliphatic heterocycles. The summed E-state index contributed by atoms with van der Waals surface area (Å²) in [6.45, 7) is 1.99. The van der Waals surface area contributed by atoms with Crippen LogP contribution in [0.5, 0.6) is 0 Å². The number of nitrogen functional groups attached to an aromatic ring is 2. The molecule has 0 aliphatic carbocycles. The summed E-state index contributed by atoms with van der Waals surface area (Å²) < 4.78 is 0. The van der Waals surface area contributed by atoms with Crippen LogP contribution >= 0.6 is 11.8 Å². The Labute approximate surface area is 157 Å². The van der Waals surface area contributed by atoms with Crippen molar-refractivity contribution >= 4 is 34.9 Å². The Morgan fingerprint density at radius 2 is 1.96 bits per heavy atom. The lowest BCUT2D eigenvalue weighted by atomic mass is 9.94. The van der Waals surface area contributed by atoms with E-state index in [1.54, 1.807) is 18.8 Å². The third-order valence-electron chi connectivity index (χ3n) is 4.46. The molecule has 2 aromatic rings. The number of nitrogens with zero attached hydrogens (tertiary/aromatic N) is 2. The van der Waals surface area contributed by atoms with Crippen molar-refractivity contribution in [1.29, 1.82) is 0 Å². The van der Waals surface area contributed by atoms with E-state index in [0.29, 0.717) is 23.5 Å². The Balaban J connectivity index is 2.22. The summed E-state index contributed by atoms with van der Waals surface area (Å²) in [7, 11) is 1.61. The minimum absolute atomic E-state index is 0.0849. The summed E-state index contributed by atoms with van der Waals surface area (Å²) in [6, 6.07) is 11.2. The lowest BCUT2D eigenvalue weighted by Gasteiger charge is -2.22. The Bertz CT molecular complexity index is 863. The van der Waals surface area contributed by atoms with Crippen molar-refractivity contribution in [1.82, 2.24) is 10.3 Å². The molecule has 2 amide bonds. The summed E-state index contributed by atoms with van der Waals surface area (Å²) in [6.07, 6.45) is 2.70. The van der Waals surface area contributed by atoms with E-state index in [1.807, 2.05) is 43.5 Å². The fraction of sp³-hybridized carbons (Fsp3) is 0.263. The maximum absolute atomic E-state index is 12.4. The van der Waals surface area contributed by atoms with Gasteiger partial charge < -0.3 is 16.8 Å². The van der Waals surface area contributed by atoms with Gasteiger partial charge in [-0.2, -0.15) is 5.10 Å². The molecule has 0 spiro atoms. The van der Waals surface area contributed by atoms with Gasteiger partial charge in [0.2, 0.25) is 0 Å². The number of benzene rings is 2. The third-order valence-corrected chi connectivity index (χ3v) is 5.25. The molecule has 5 N–H and O–H groups in total. The summed E-state index contributed by atoms with van der Waals surface area (Å²) in [4.78, 5) is 13.4. The number of rotatable bonds is 2.